The minimum absolute atomic E-state index is 0.0933. The number of carboxylic acid groups (broad SMARTS) is 2. The van der Waals surface area contributed by atoms with Gasteiger partial charge in [-0.25, -0.2) is 4.79 Å². The summed E-state index contributed by atoms with van der Waals surface area (Å²) in [5.74, 6) is -4.91. The number of rotatable bonds is 15. The summed E-state index contributed by atoms with van der Waals surface area (Å²) in [7, 11) is 0. The number of nitrogens with one attached hydrogen (secondary N) is 3. The summed E-state index contributed by atoms with van der Waals surface area (Å²) in [5.41, 5.74) is 5.78. The van der Waals surface area contributed by atoms with Crippen molar-refractivity contribution in [2.75, 3.05) is 12.0 Å². The van der Waals surface area contributed by atoms with Gasteiger partial charge in [-0.05, 0) is 37.7 Å². The molecule has 0 heterocycles. The first-order valence-electron chi connectivity index (χ1n) is 10.1. The van der Waals surface area contributed by atoms with E-state index in [1.165, 1.54) is 18.7 Å². The molecule has 5 unspecified atom stereocenters. The van der Waals surface area contributed by atoms with E-state index in [-0.39, 0.29) is 12.3 Å². The number of thioether (sulfide) groups is 1. The molecule has 0 aromatic rings. The summed E-state index contributed by atoms with van der Waals surface area (Å²) < 4.78 is 0. The Labute approximate surface area is 191 Å². The molecule has 0 aromatic heterocycles. The molecule has 0 aliphatic heterocycles. The van der Waals surface area contributed by atoms with E-state index in [1.807, 2.05) is 13.8 Å². The van der Waals surface area contributed by atoms with Crippen molar-refractivity contribution in [1.82, 2.24) is 16.0 Å². The molecule has 184 valence electrons. The van der Waals surface area contributed by atoms with Gasteiger partial charge in [0.2, 0.25) is 17.7 Å². The van der Waals surface area contributed by atoms with Gasteiger partial charge in [-0.3, -0.25) is 19.2 Å². The minimum atomic E-state index is -1.63. The predicted octanol–water partition coefficient (Wildman–Crippen LogP) is -1.49. The Hall–Kier alpha value is -2.38. The topological polar surface area (TPSA) is 208 Å². The number of nitrogens with two attached hydrogens (primary N) is 1. The second kappa shape index (κ2) is 14.6. The summed E-state index contributed by atoms with van der Waals surface area (Å²) >= 11 is 1.37. The molecule has 0 aromatic carbocycles. The van der Waals surface area contributed by atoms with E-state index in [2.05, 4.69) is 16.0 Å². The molecule has 0 saturated heterocycles. The van der Waals surface area contributed by atoms with E-state index in [1.54, 1.807) is 6.26 Å². The Kier molecular flexibility index (Phi) is 13.5. The molecular formula is C19H34N4O8S. The fraction of sp³-hybridized carbons (Fsp3) is 0.737. The number of carboxylic acids is 2. The lowest BCUT2D eigenvalue weighted by molar-refractivity contribution is -0.144. The molecular weight excluding hydrogens is 444 g/mol. The summed E-state index contributed by atoms with van der Waals surface area (Å²) in [6.45, 7) is 4.93. The monoisotopic (exact) mass is 478 g/mol. The average molecular weight is 479 g/mol. The third-order valence-corrected chi connectivity index (χ3v) is 5.01. The maximum Gasteiger partial charge on any atom is 0.326 e. The zero-order valence-electron chi connectivity index (χ0n) is 18.7. The highest BCUT2D eigenvalue weighted by Crippen LogP contribution is 2.06. The largest absolute Gasteiger partial charge is 0.481 e. The third-order valence-electron chi connectivity index (χ3n) is 4.36. The van der Waals surface area contributed by atoms with Crippen molar-refractivity contribution in [2.45, 2.75) is 70.3 Å². The van der Waals surface area contributed by atoms with Crippen LogP contribution in [-0.2, 0) is 24.0 Å². The predicted molar refractivity (Wildman–Crippen MR) is 118 cm³/mol. The van der Waals surface area contributed by atoms with Crippen LogP contribution in [0.15, 0.2) is 0 Å². The van der Waals surface area contributed by atoms with Crippen LogP contribution in [0.2, 0.25) is 0 Å². The quantitative estimate of drug-likeness (QED) is 0.145. The number of hydrogen-bond donors (Lipinski definition) is 7. The van der Waals surface area contributed by atoms with Crippen molar-refractivity contribution in [3.8, 4) is 0 Å². The van der Waals surface area contributed by atoms with Gasteiger partial charge in [-0.2, -0.15) is 11.8 Å². The standard InChI is InChI=1S/C19H34N4O8S/c1-9(2)7-11(20)16(27)23-15(10(3)24)18(29)22-13(8-14(25)26)17(28)21-12(19(30)31)5-6-32-4/h9-13,15,24H,5-8,20H2,1-4H3,(H,21,28)(H,22,29)(H,23,27)(H,25,26)(H,30,31). The van der Waals surface area contributed by atoms with Crippen LogP contribution in [0.25, 0.3) is 0 Å². The lowest BCUT2D eigenvalue weighted by Crippen LogP contribution is -2.60. The van der Waals surface area contributed by atoms with Crippen molar-refractivity contribution in [1.29, 1.82) is 0 Å². The smallest absolute Gasteiger partial charge is 0.326 e. The van der Waals surface area contributed by atoms with E-state index >= 15 is 0 Å². The van der Waals surface area contributed by atoms with Crippen molar-refractivity contribution in [3.63, 3.8) is 0 Å². The molecule has 13 heteroatoms. The van der Waals surface area contributed by atoms with Crippen LogP contribution in [0.4, 0.5) is 0 Å². The van der Waals surface area contributed by atoms with E-state index in [0.29, 0.717) is 12.2 Å². The summed E-state index contributed by atoms with van der Waals surface area (Å²) in [4.78, 5) is 59.9. The number of aliphatic hydroxyl groups excluding tert-OH is 1. The number of carbonyl (C=O) groups excluding carboxylic acids is 3. The second-order valence-electron chi connectivity index (χ2n) is 7.80. The molecule has 0 bridgehead atoms. The Balaban J connectivity index is 5.40. The highest BCUT2D eigenvalue weighted by Gasteiger charge is 2.33. The van der Waals surface area contributed by atoms with Crippen molar-refractivity contribution in [2.24, 2.45) is 11.7 Å². The number of amides is 3. The minimum Gasteiger partial charge on any atom is -0.481 e. The van der Waals surface area contributed by atoms with Crippen molar-refractivity contribution < 1.29 is 39.3 Å². The highest BCUT2D eigenvalue weighted by atomic mass is 32.2. The zero-order chi connectivity index (χ0) is 25.0. The van der Waals surface area contributed by atoms with Gasteiger partial charge in [0, 0.05) is 0 Å². The number of aliphatic carboxylic acids is 2. The van der Waals surface area contributed by atoms with Gasteiger partial charge in [0.25, 0.3) is 0 Å². The molecule has 5 atom stereocenters. The SMILES string of the molecule is CSCCC(NC(=O)C(CC(=O)O)NC(=O)C(NC(=O)C(N)CC(C)C)C(C)O)C(=O)O. The third kappa shape index (κ3) is 11.3. The highest BCUT2D eigenvalue weighted by molar-refractivity contribution is 7.98. The lowest BCUT2D eigenvalue weighted by atomic mass is 10.0. The summed E-state index contributed by atoms with van der Waals surface area (Å²) in [5, 5.41) is 35.0. The fourth-order valence-electron chi connectivity index (χ4n) is 2.69. The number of aliphatic hydroxyl groups is 1. The Morgan fingerprint density at radius 2 is 1.47 bits per heavy atom. The molecule has 0 spiro atoms. The van der Waals surface area contributed by atoms with Gasteiger partial charge < -0.3 is 37.0 Å². The van der Waals surface area contributed by atoms with Crippen molar-refractivity contribution in [3.05, 3.63) is 0 Å². The van der Waals surface area contributed by atoms with Crippen molar-refractivity contribution >= 4 is 41.4 Å². The number of hydrogen-bond acceptors (Lipinski definition) is 8. The van der Waals surface area contributed by atoms with Crippen LogP contribution in [0.3, 0.4) is 0 Å². The first kappa shape index (κ1) is 29.6. The van der Waals surface area contributed by atoms with E-state index in [9.17, 15) is 34.2 Å². The Morgan fingerprint density at radius 3 is 1.91 bits per heavy atom. The van der Waals surface area contributed by atoms with Crippen LogP contribution < -0.4 is 21.7 Å². The van der Waals surface area contributed by atoms with Crippen LogP contribution in [0.5, 0.6) is 0 Å². The van der Waals surface area contributed by atoms with Crippen LogP contribution in [0.1, 0.15) is 40.0 Å². The summed E-state index contributed by atoms with van der Waals surface area (Å²) in [6.07, 6.45) is -0.0368. The fourth-order valence-corrected chi connectivity index (χ4v) is 3.16. The Bertz CT molecular complexity index is 674. The molecule has 0 saturated carbocycles. The lowest BCUT2D eigenvalue weighted by Gasteiger charge is -2.26. The van der Waals surface area contributed by atoms with Gasteiger partial charge in [-0.15, -0.1) is 0 Å². The Morgan fingerprint density at radius 1 is 0.906 bits per heavy atom. The first-order valence-corrected chi connectivity index (χ1v) is 11.5. The molecule has 0 aliphatic rings. The van der Waals surface area contributed by atoms with Gasteiger partial charge >= 0.3 is 11.9 Å². The first-order chi connectivity index (χ1) is 14.8. The van der Waals surface area contributed by atoms with Gasteiger partial charge in [0.05, 0.1) is 18.6 Å². The van der Waals surface area contributed by atoms with E-state index in [4.69, 9.17) is 10.8 Å². The molecule has 0 radical (unpaired) electrons. The van der Waals surface area contributed by atoms with E-state index in [0.717, 1.165) is 0 Å². The van der Waals surface area contributed by atoms with E-state index < -0.39 is 66.4 Å². The molecule has 12 nitrogen and oxygen atoms in total. The molecule has 0 aliphatic carbocycles. The van der Waals surface area contributed by atoms with Crippen LogP contribution >= 0.6 is 11.8 Å². The normalized spacial score (nSPS) is 15.7. The molecule has 8 N–H and O–H groups in total. The maximum atomic E-state index is 12.6. The van der Waals surface area contributed by atoms with Gasteiger partial charge in [-0.1, -0.05) is 13.8 Å². The van der Waals surface area contributed by atoms with Gasteiger partial charge in [0.15, 0.2) is 0 Å². The molecule has 0 fully saturated rings. The zero-order valence-corrected chi connectivity index (χ0v) is 19.5. The second-order valence-corrected chi connectivity index (χ2v) is 8.79. The molecule has 0 rings (SSSR count). The molecule has 32 heavy (non-hydrogen) atoms. The maximum absolute atomic E-state index is 12.6. The van der Waals surface area contributed by atoms with Gasteiger partial charge in [0.1, 0.15) is 18.1 Å². The average Bonchev–Trinajstić information content (AvgIpc) is 2.66. The van der Waals surface area contributed by atoms with Crippen LogP contribution in [-0.4, -0.2) is 87.3 Å². The number of carbonyl (C=O) groups is 5. The molecule has 3 amide bonds. The summed E-state index contributed by atoms with van der Waals surface area (Å²) in [6, 6.07) is -5.34. The van der Waals surface area contributed by atoms with Crippen LogP contribution in [0, 0.1) is 5.92 Å².